The molecule has 0 aliphatic rings. The fourth-order valence-corrected chi connectivity index (χ4v) is 2.37. The van der Waals surface area contributed by atoms with E-state index in [1.165, 1.54) is 0 Å². The SMILES string of the molecule is Cc1cccc(C)c1NC(=O)[C@@H](CC(C)C)NC(=O)OC(C)(C)C. The number of hydrogen-bond acceptors (Lipinski definition) is 3. The third-order valence-corrected chi connectivity index (χ3v) is 3.44. The second-order valence-corrected chi connectivity index (χ2v) is 7.58. The molecule has 0 fully saturated rings. The molecule has 0 heterocycles. The smallest absolute Gasteiger partial charge is 0.408 e. The maximum absolute atomic E-state index is 12.7. The van der Waals surface area contributed by atoms with E-state index in [9.17, 15) is 9.59 Å². The zero-order chi connectivity index (χ0) is 18.5. The summed E-state index contributed by atoms with van der Waals surface area (Å²) in [6.45, 7) is 13.3. The van der Waals surface area contributed by atoms with Gasteiger partial charge >= 0.3 is 6.09 Å². The molecule has 5 nitrogen and oxygen atoms in total. The molecule has 0 aliphatic heterocycles. The van der Waals surface area contributed by atoms with Crippen LogP contribution >= 0.6 is 0 Å². The molecule has 24 heavy (non-hydrogen) atoms. The van der Waals surface area contributed by atoms with Gasteiger partial charge in [-0.3, -0.25) is 4.79 Å². The van der Waals surface area contributed by atoms with Crippen molar-refractivity contribution < 1.29 is 14.3 Å². The van der Waals surface area contributed by atoms with Gasteiger partial charge in [-0.05, 0) is 58.1 Å². The van der Waals surface area contributed by atoms with E-state index in [1.807, 2.05) is 45.9 Å². The summed E-state index contributed by atoms with van der Waals surface area (Å²) in [5, 5.41) is 5.63. The number of alkyl carbamates (subject to hydrolysis) is 1. The first kappa shape index (κ1) is 20.0. The largest absolute Gasteiger partial charge is 0.444 e. The Morgan fingerprint density at radius 1 is 1.12 bits per heavy atom. The summed E-state index contributed by atoms with van der Waals surface area (Å²) in [6.07, 6.45) is -0.0412. The Labute approximate surface area is 145 Å². The average molecular weight is 334 g/mol. The quantitative estimate of drug-likeness (QED) is 0.849. The van der Waals surface area contributed by atoms with Crippen LogP contribution in [-0.2, 0) is 9.53 Å². The lowest BCUT2D eigenvalue weighted by Crippen LogP contribution is -2.46. The lowest BCUT2D eigenvalue weighted by Gasteiger charge is -2.24. The second kappa shape index (κ2) is 8.18. The Kier molecular flexibility index (Phi) is 6.81. The van der Waals surface area contributed by atoms with E-state index < -0.39 is 17.7 Å². The Bertz CT molecular complexity index is 569. The topological polar surface area (TPSA) is 67.4 Å². The molecule has 0 unspecified atom stereocenters. The molecule has 1 rings (SSSR count). The molecule has 2 N–H and O–H groups in total. The predicted molar refractivity (Wildman–Crippen MR) is 97.2 cm³/mol. The van der Waals surface area contributed by atoms with Crippen LogP contribution in [0.4, 0.5) is 10.5 Å². The Morgan fingerprint density at radius 3 is 2.12 bits per heavy atom. The summed E-state index contributed by atoms with van der Waals surface area (Å²) in [4.78, 5) is 24.7. The minimum Gasteiger partial charge on any atom is -0.444 e. The second-order valence-electron chi connectivity index (χ2n) is 7.58. The van der Waals surface area contributed by atoms with Gasteiger partial charge < -0.3 is 15.4 Å². The van der Waals surface area contributed by atoms with Crippen molar-refractivity contribution in [1.82, 2.24) is 5.32 Å². The summed E-state index contributed by atoms with van der Waals surface area (Å²) in [7, 11) is 0. The summed E-state index contributed by atoms with van der Waals surface area (Å²) in [6, 6.07) is 5.20. The van der Waals surface area contributed by atoms with Crippen molar-refractivity contribution in [1.29, 1.82) is 0 Å². The number of anilines is 1. The zero-order valence-electron chi connectivity index (χ0n) is 15.8. The lowest BCUT2D eigenvalue weighted by molar-refractivity contribution is -0.118. The zero-order valence-corrected chi connectivity index (χ0v) is 15.8. The van der Waals surface area contributed by atoms with Gasteiger partial charge in [-0.15, -0.1) is 0 Å². The molecule has 0 aromatic heterocycles. The minimum absolute atomic E-state index is 0.230. The number of hydrogen-bond donors (Lipinski definition) is 2. The van der Waals surface area contributed by atoms with E-state index in [-0.39, 0.29) is 11.8 Å². The number of benzene rings is 1. The number of amides is 2. The number of para-hydroxylation sites is 1. The van der Waals surface area contributed by atoms with E-state index in [2.05, 4.69) is 10.6 Å². The minimum atomic E-state index is -0.640. The van der Waals surface area contributed by atoms with Crippen molar-refractivity contribution in [2.75, 3.05) is 5.32 Å². The van der Waals surface area contributed by atoms with Crippen LogP contribution in [-0.4, -0.2) is 23.6 Å². The van der Waals surface area contributed by atoms with Crippen LogP contribution in [0.5, 0.6) is 0 Å². The van der Waals surface area contributed by atoms with Crippen molar-refractivity contribution in [2.24, 2.45) is 5.92 Å². The highest BCUT2D eigenvalue weighted by molar-refractivity contribution is 5.97. The van der Waals surface area contributed by atoms with E-state index in [0.29, 0.717) is 6.42 Å². The van der Waals surface area contributed by atoms with Crippen LogP contribution in [0.3, 0.4) is 0 Å². The first-order chi connectivity index (χ1) is 11.0. The molecule has 0 saturated carbocycles. The van der Waals surface area contributed by atoms with E-state index in [1.54, 1.807) is 20.8 Å². The maximum Gasteiger partial charge on any atom is 0.408 e. The number of carbonyl (C=O) groups excluding carboxylic acids is 2. The molecule has 0 saturated heterocycles. The van der Waals surface area contributed by atoms with Crippen molar-refractivity contribution in [3.05, 3.63) is 29.3 Å². The van der Waals surface area contributed by atoms with Crippen LogP contribution in [0, 0.1) is 19.8 Å². The van der Waals surface area contributed by atoms with Gasteiger partial charge in [0.15, 0.2) is 0 Å². The summed E-state index contributed by atoms with van der Waals surface area (Å²) >= 11 is 0. The van der Waals surface area contributed by atoms with Gasteiger partial charge in [0.05, 0.1) is 0 Å². The third-order valence-electron chi connectivity index (χ3n) is 3.44. The van der Waals surface area contributed by atoms with Gasteiger partial charge in [0, 0.05) is 5.69 Å². The molecule has 0 aliphatic carbocycles. The average Bonchev–Trinajstić information content (AvgIpc) is 2.39. The van der Waals surface area contributed by atoms with Crippen molar-refractivity contribution in [2.45, 2.75) is 66.5 Å². The van der Waals surface area contributed by atoms with Crippen LogP contribution in [0.2, 0.25) is 0 Å². The predicted octanol–water partition coefficient (Wildman–Crippen LogP) is 4.18. The van der Waals surface area contributed by atoms with Crippen molar-refractivity contribution in [3.63, 3.8) is 0 Å². The van der Waals surface area contributed by atoms with Crippen LogP contribution in [0.15, 0.2) is 18.2 Å². The molecule has 1 atom stereocenters. The van der Waals surface area contributed by atoms with Crippen molar-refractivity contribution >= 4 is 17.7 Å². The standard InChI is InChI=1S/C19H30N2O3/c1-12(2)11-15(20-18(23)24-19(5,6)7)17(22)21-16-13(3)9-8-10-14(16)4/h8-10,12,15H,11H2,1-7H3,(H,20,23)(H,21,22)/t15-/m1/s1. The monoisotopic (exact) mass is 334 g/mol. The van der Waals surface area contributed by atoms with Gasteiger partial charge in [-0.2, -0.15) is 0 Å². The fourth-order valence-electron chi connectivity index (χ4n) is 2.37. The normalized spacial score (nSPS) is 12.7. The number of ether oxygens (including phenoxy) is 1. The Morgan fingerprint density at radius 2 is 1.67 bits per heavy atom. The highest BCUT2D eigenvalue weighted by Gasteiger charge is 2.25. The highest BCUT2D eigenvalue weighted by Crippen LogP contribution is 2.20. The summed E-state index contributed by atoms with van der Waals surface area (Å²) < 4.78 is 5.27. The first-order valence-electron chi connectivity index (χ1n) is 8.36. The summed E-state index contributed by atoms with van der Waals surface area (Å²) in [5.41, 5.74) is 2.17. The number of aryl methyl sites for hydroxylation is 2. The van der Waals surface area contributed by atoms with E-state index >= 15 is 0 Å². The highest BCUT2D eigenvalue weighted by atomic mass is 16.6. The van der Waals surface area contributed by atoms with E-state index in [0.717, 1.165) is 16.8 Å². The number of carbonyl (C=O) groups is 2. The van der Waals surface area contributed by atoms with Crippen molar-refractivity contribution in [3.8, 4) is 0 Å². The molecular formula is C19H30N2O3. The molecule has 2 amide bonds. The molecule has 1 aromatic carbocycles. The van der Waals surface area contributed by atoms with Gasteiger partial charge in [-0.1, -0.05) is 32.0 Å². The fraction of sp³-hybridized carbons (Fsp3) is 0.579. The molecule has 0 spiro atoms. The molecule has 0 radical (unpaired) electrons. The maximum atomic E-state index is 12.7. The third kappa shape index (κ3) is 6.60. The number of rotatable bonds is 5. The van der Waals surface area contributed by atoms with Crippen LogP contribution in [0.1, 0.15) is 52.2 Å². The van der Waals surface area contributed by atoms with Gasteiger partial charge in [0.2, 0.25) is 5.91 Å². The first-order valence-corrected chi connectivity index (χ1v) is 8.36. The Balaban J connectivity index is 2.87. The lowest BCUT2D eigenvalue weighted by atomic mass is 10.0. The number of nitrogens with one attached hydrogen (secondary N) is 2. The van der Waals surface area contributed by atoms with Gasteiger partial charge in [-0.25, -0.2) is 4.79 Å². The molecule has 1 aromatic rings. The molecule has 0 bridgehead atoms. The molecule has 134 valence electrons. The molecule has 5 heteroatoms. The van der Waals surface area contributed by atoms with Gasteiger partial charge in [0.25, 0.3) is 0 Å². The van der Waals surface area contributed by atoms with Crippen LogP contribution < -0.4 is 10.6 Å². The van der Waals surface area contributed by atoms with E-state index in [4.69, 9.17) is 4.74 Å². The van der Waals surface area contributed by atoms with Gasteiger partial charge in [0.1, 0.15) is 11.6 Å². The Hall–Kier alpha value is -2.04. The van der Waals surface area contributed by atoms with Crippen LogP contribution in [0.25, 0.3) is 0 Å². The molecular weight excluding hydrogens is 304 g/mol. The summed E-state index contributed by atoms with van der Waals surface area (Å²) in [5.74, 6) is 0.0283.